The summed E-state index contributed by atoms with van der Waals surface area (Å²) < 4.78 is 12.8. The van der Waals surface area contributed by atoms with E-state index < -0.39 is 0 Å². The van der Waals surface area contributed by atoms with E-state index in [1.54, 1.807) is 30.0 Å². The van der Waals surface area contributed by atoms with Crippen LogP contribution in [0.25, 0.3) is 0 Å². The van der Waals surface area contributed by atoms with Crippen LogP contribution in [0.3, 0.4) is 0 Å². The van der Waals surface area contributed by atoms with Crippen molar-refractivity contribution < 1.29 is 14.3 Å². The third-order valence-corrected chi connectivity index (χ3v) is 5.52. The lowest BCUT2D eigenvalue weighted by molar-refractivity contribution is 0.0600. The Morgan fingerprint density at radius 3 is 2.85 bits per heavy atom. The first-order valence-corrected chi connectivity index (χ1v) is 10.0. The molecular weight excluding hydrogens is 350 g/mol. The highest BCUT2D eigenvalue weighted by atomic mass is 32.2. The molecule has 1 aromatic heterocycles. The second kappa shape index (κ2) is 9.07. The molecule has 1 aliphatic carbocycles. The molecule has 0 spiro atoms. The topological polar surface area (TPSA) is 66.2 Å². The number of esters is 1. The summed E-state index contributed by atoms with van der Waals surface area (Å²) >= 11 is 1.67. The van der Waals surface area contributed by atoms with Crippen molar-refractivity contribution in [3.05, 3.63) is 35.7 Å². The van der Waals surface area contributed by atoms with Gasteiger partial charge in [-0.05, 0) is 38.0 Å². The molecular formula is C19H25N3O3S. The largest absolute Gasteiger partial charge is 0.493 e. The molecule has 0 atom stereocenters. The third kappa shape index (κ3) is 4.58. The Kier molecular flexibility index (Phi) is 6.55. The zero-order valence-electron chi connectivity index (χ0n) is 15.3. The molecule has 26 heavy (non-hydrogen) atoms. The maximum Gasteiger partial charge on any atom is 0.337 e. The van der Waals surface area contributed by atoms with Gasteiger partial charge in [-0.15, -0.1) is 10.2 Å². The molecule has 6 nitrogen and oxygen atoms in total. The summed E-state index contributed by atoms with van der Waals surface area (Å²) in [6, 6.07) is 7.57. The van der Waals surface area contributed by atoms with Crippen LogP contribution in [0.2, 0.25) is 0 Å². The van der Waals surface area contributed by atoms with Crippen molar-refractivity contribution in [1.29, 1.82) is 0 Å². The maximum atomic E-state index is 11.6. The van der Waals surface area contributed by atoms with Crippen LogP contribution in [0.5, 0.6) is 5.75 Å². The van der Waals surface area contributed by atoms with Crippen molar-refractivity contribution in [2.45, 2.75) is 50.2 Å². The maximum absolute atomic E-state index is 11.6. The lowest BCUT2D eigenvalue weighted by atomic mass is 9.95. The van der Waals surface area contributed by atoms with Crippen molar-refractivity contribution >= 4 is 17.7 Å². The number of ether oxygens (including phenoxy) is 2. The van der Waals surface area contributed by atoms with E-state index in [0.29, 0.717) is 24.0 Å². The summed E-state index contributed by atoms with van der Waals surface area (Å²) in [6.45, 7) is 2.56. The molecule has 1 saturated carbocycles. The van der Waals surface area contributed by atoms with Gasteiger partial charge in [0.15, 0.2) is 5.16 Å². The van der Waals surface area contributed by atoms with Gasteiger partial charge in [0.05, 0.1) is 19.3 Å². The Balaban J connectivity index is 1.53. The molecule has 1 aromatic carbocycles. The molecule has 0 N–H and O–H groups in total. The van der Waals surface area contributed by atoms with Gasteiger partial charge in [0.25, 0.3) is 0 Å². The Labute approximate surface area is 158 Å². The summed E-state index contributed by atoms with van der Waals surface area (Å²) in [5, 5.41) is 9.59. The number of thioether (sulfide) groups is 1. The van der Waals surface area contributed by atoms with Crippen molar-refractivity contribution in [3.63, 3.8) is 0 Å². The quantitative estimate of drug-likeness (QED) is 0.413. The van der Waals surface area contributed by atoms with E-state index in [1.807, 2.05) is 13.0 Å². The fraction of sp³-hybridized carbons (Fsp3) is 0.526. The number of hydrogen-bond acceptors (Lipinski definition) is 6. The number of rotatable bonds is 7. The van der Waals surface area contributed by atoms with Gasteiger partial charge in [-0.25, -0.2) is 4.79 Å². The van der Waals surface area contributed by atoms with E-state index >= 15 is 0 Å². The van der Waals surface area contributed by atoms with Crippen LogP contribution >= 0.6 is 11.8 Å². The molecule has 1 aliphatic rings. The number of hydrogen-bond donors (Lipinski definition) is 0. The summed E-state index contributed by atoms with van der Waals surface area (Å²) in [5.74, 6) is 2.07. The van der Waals surface area contributed by atoms with Crippen molar-refractivity contribution in [3.8, 4) is 5.75 Å². The first kappa shape index (κ1) is 18.8. The summed E-state index contributed by atoms with van der Waals surface area (Å²) in [6.07, 6.45) is 6.32. The first-order valence-electron chi connectivity index (χ1n) is 9.04. The van der Waals surface area contributed by atoms with E-state index in [-0.39, 0.29) is 5.97 Å². The standard InChI is InChI=1S/C19H25N3O3S/c1-14-20-21-19(22(14)16-8-4-3-5-9-16)26-12-11-25-17-10-6-7-15(13-17)18(23)24-2/h6-7,10,13,16H,3-5,8-9,11-12H2,1-2H3. The van der Waals surface area contributed by atoms with Gasteiger partial charge in [-0.2, -0.15) is 0 Å². The van der Waals surface area contributed by atoms with Crippen LogP contribution in [-0.4, -0.2) is 40.2 Å². The van der Waals surface area contributed by atoms with Crippen LogP contribution in [0.4, 0.5) is 0 Å². The number of aryl methyl sites for hydroxylation is 1. The molecule has 0 radical (unpaired) electrons. The zero-order chi connectivity index (χ0) is 18.4. The number of carbonyl (C=O) groups excluding carboxylic acids is 1. The van der Waals surface area contributed by atoms with Gasteiger partial charge < -0.3 is 14.0 Å². The highest BCUT2D eigenvalue weighted by Gasteiger charge is 2.21. The minimum absolute atomic E-state index is 0.360. The second-order valence-corrected chi connectivity index (χ2v) is 7.47. The van der Waals surface area contributed by atoms with E-state index in [1.165, 1.54) is 39.2 Å². The lowest BCUT2D eigenvalue weighted by Crippen LogP contribution is -2.15. The predicted molar refractivity (Wildman–Crippen MR) is 101 cm³/mol. The summed E-state index contributed by atoms with van der Waals surface area (Å²) in [5.41, 5.74) is 0.491. The molecule has 140 valence electrons. The summed E-state index contributed by atoms with van der Waals surface area (Å²) in [7, 11) is 1.37. The SMILES string of the molecule is COC(=O)c1cccc(OCCSc2nnc(C)n2C2CCCCC2)c1. The fourth-order valence-electron chi connectivity index (χ4n) is 3.33. The van der Waals surface area contributed by atoms with Gasteiger partial charge in [0, 0.05) is 11.8 Å². The number of aromatic nitrogens is 3. The Hall–Kier alpha value is -2.02. The number of benzene rings is 1. The van der Waals surface area contributed by atoms with Crippen LogP contribution in [0.15, 0.2) is 29.4 Å². The van der Waals surface area contributed by atoms with E-state index in [9.17, 15) is 4.79 Å². The molecule has 2 aromatic rings. The van der Waals surface area contributed by atoms with Gasteiger partial charge in [-0.3, -0.25) is 0 Å². The molecule has 1 heterocycles. The van der Waals surface area contributed by atoms with Crippen molar-refractivity contribution in [2.75, 3.05) is 19.5 Å². The molecule has 0 amide bonds. The molecule has 0 saturated heterocycles. The molecule has 3 rings (SSSR count). The smallest absolute Gasteiger partial charge is 0.337 e. The van der Waals surface area contributed by atoms with Crippen molar-refractivity contribution in [2.24, 2.45) is 0 Å². The highest BCUT2D eigenvalue weighted by molar-refractivity contribution is 7.99. The minimum Gasteiger partial charge on any atom is -0.493 e. The van der Waals surface area contributed by atoms with Gasteiger partial charge in [0.1, 0.15) is 11.6 Å². The molecule has 1 fully saturated rings. The molecule has 0 bridgehead atoms. The monoisotopic (exact) mass is 375 g/mol. The Bertz CT molecular complexity index is 741. The van der Waals surface area contributed by atoms with E-state index in [2.05, 4.69) is 14.8 Å². The van der Waals surface area contributed by atoms with Crippen molar-refractivity contribution in [1.82, 2.24) is 14.8 Å². The average Bonchev–Trinajstić information content (AvgIpc) is 3.06. The van der Waals surface area contributed by atoms with Gasteiger partial charge >= 0.3 is 5.97 Å². The lowest BCUT2D eigenvalue weighted by Gasteiger charge is -2.24. The van der Waals surface area contributed by atoms with Crippen LogP contribution in [0, 0.1) is 6.92 Å². The normalized spacial score (nSPS) is 15.0. The third-order valence-electron chi connectivity index (χ3n) is 4.61. The predicted octanol–water partition coefficient (Wildman–Crippen LogP) is 4.05. The fourth-order valence-corrected chi connectivity index (χ4v) is 4.20. The zero-order valence-corrected chi connectivity index (χ0v) is 16.1. The number of nitrogens with zero attached hydrogens (tertiary/aromatic N) is 3. The Morgan fingerprint density at radius 1 is 1.27 bits per heavy atom. The van der Waals surface area contributed by atoms with Gasteiger partial charge in [-0.1, -0.05) is 37.1 Å². The van der Waals surface area contributed by atoms with E-state index in [0.717, 1.165) is 16.7 Å². The van der Waals surface area contributed by atoms with E-state index in [4.69, 9.17) is 9.47 Å². The van der Waals surface area contributed by atoms with Crippen LogP contribution in [0.1, 0.15) is 54.3 Å². The summed E-state index contributed by atoms with van der Waals surface area (Å²) in [4.78, 5) is 11.6. The van der Waals surface area contributed by atoms with Crippen LogP contribution in [-0.2, 0) is 4.74 Å². The van der Waals surface area contributed by atoms with Crippen LogP contribution < -0.4 is 4.74 Å². The average molecular weight is 375 g/mol. The number of carbonyl (C=O) groups is 1. The minimum atomic E-state index is -0.360. The van der Waals surface area contributed by atoms with Gasteiger partial charge in [0.2, 0.25) is 0 Å². The Morgan fingerprint density at radius 2 is 2.08 bits per heavy atom. The highest BCUT2D eigenvalue weighted by Crippen LogP contribution is 2.32. The molecule has 7 heteroatoms. The molecule has 0 unspecified atom stereocenters. The second-order valence-electron chi connectivity index (χ2n) is 6.41. The molecule has 0 aliphatic heterocycles. The first-order chi connectivity index (χ1) is 12.7. The number of methoxy groups -OCH3 is 1.